The predicted octanol–water partition coefficient (Wildman–Crippen LogP) is 1.13. The number of benzene rings is 1. The first kappa shape index (κ1) is 12.6. The number of aliphatic hydroxyl groups is 1. The number of aliphatic hydroxyl groups excluding tert-OH is 1. The monoisotopic (exact) mass is 253 g/mol. The molecule has 1 aliphatic rings. The molecule has 96 valence electrons. The molecule has 1 saturated carbocycles. The molecule has 2 rings (SSSR count). The second-order valence-corrected chi connectivity index (χ2v) is 4.46. The topological polar surface area (TPSA) is 80.4 Å². The zero-order valence-corrected chi connectivity index (χ0v) is 9.40. The van der Waals surface area contributed by atoms with Crippen LogP contribution in [0.3, 0.4) is 0 Å². The Bertz CT molecular complexity index is 462. The van der Waals surface area contributed by atoms with Gasteiger partial charge in [0, 0.05) is 10.8 Å². The molecule has 4 atom stereocenters. The third-order valence-corrected chi connectivity index (χ3v) is 3.41. The van der Waals surface area contributed by atoms with Gasteiger partial charge in [0.05, 0.1) is 5.92 Å². The van der Waals surface area contributed by atoms with Crippen molar-refractivity contribution >= 4 is 6.29 Å². The summed E-state index contributed by atoms with van der Waals surface area (Å²) in [5.74, 6) is -1.76. The number of rotatable bonds is 3. The van der Waals surface area contributed by atoms with Crippen molar-refractivity contribution in [1.82, 2.24) is 0 Å². The predicted molar refractivity (Wildman–Crippen MR) is 60.1 cm³/mol. The maximum atomic E-state index is 12.8. The van der Waals surface area contributed by atoms with E-state index in [1.54, 1.807) is 0 Å². The van der Waals surface area contributed by atoms with Crippen molar-refractivity contribution in [3.63, 3.8) is 0 Å². The van der Waals surface area contributed by atoms with E-state index in [0.29, 0.717) is 11.8 Å². The second kappa shape index (κ2) is 4.81. The van der Waals surface area contributed by atoms with Crippen molar-refractivity contribution < 1.29 is 19.2 Å². The third kappa shape index (κ3) is 2.11. The molecule has 0 radical (unpaired) electrons. The molecular formula is C12H12FNO4. The third-order valence-electron chi connectivity index (χ3n) is 3.41. The molecule has 0 aliphatic heterocycles. The number of hydrogen-bond acceptors (Lipinski definition) is 4. The van der Waals surface area contributed by atoms with E-state index in [9.17, 15) is 24.4 Å². The quantitative estimate of drug-likeness (QED) is 0.497. The summed E-state index contributed by atoms with van der Waals surface area (Å²) in [5.41, 5.74) is 0.506. The van der Waals surface area contributed by atoms with E-state index in [2.05, 4.69) is 0 Å². The van der Waals surface area contributed by atoms with E-state index in [-0.39, 0.29) is 6.42 Å². The normalized spacial score (nSPS) is 31.2. The van der Waals surface area contributed by atoms with Crippen LogP contribution in [0.15, 0.2) is 24.3 Å². The van der Waals surface area contributed by atoms with Gasteiger partial charge in [-0.15, -0.1) is 0 Å². The molecule has 6 heteroatoms. The van der Waals surface area contributed by atoms with Gasteiger partial charge in [0.2, 0.25) is 6.04 Å². The number of carbonyl (C=O) groups is 1. The lowest BCUT2D eigenvalue weighted by Gasteiger charge is -2.17. The number of aldehydes is 1. The van der Waals surface area contributed by atoms with Gasteiger partial charge < -0.3 is 9.90 Å². The summed E-state index contributed by atoms with van der Waals surface area (Å²) < 4.78 is 12.8. The minimum Gasteiger partial charge on any atom is -0.386 e. The van der Waals surface area contributed by atoms with Gasteiger partial charge in [-0.05, 0) is 24.1 Å². The van der Waals surface area contributed by atoms with Gasteiger partial charge in [0.25, 0.3) is 0 Å². The van der Waals surface area contributed by atoms with Crippen LogP contribution in [0.1, 0.15) is 17.9 Å². The lowest BCUT2D eigenvalue weighted by Crippen LogP contribution is -2.33. The lowest BCUT2D eigenvalue weighted by molar-refractivity contribution is -0.534. The Morgan fingerprint density at radius 3 is 2.50 bits per heavy atom. The molecule has 5 nitrogen and oxygen atoms in total. The van der Waals surface area contributed by atoms with E-state index < -0.39 is 34.7 Å². The molecule has 1 N–H and O–H groups in total. The Balaban J connectivity index is 2.39. The summed E-state index contributed by atoms with van der Waals surface area (Å²) in [6, 6.07) is 4.01. The van der Waals surface area contributed by atoms with Crippen molar-refractivity contribution in [2.24, 2.45) is 5.92 Å². The van der Waals surface area contributed by atoms with Crippen LogP contribution in [0.4, 0.5) is 4.39 Å². The molecule has 1 aromatic carbocycles. The van der Waals surface area contributed by atoms with E-state index in [1.165, 1.54) is 24.3 Å². The van der Waals surface area contributed by atoms with E-state index in [0.717, 1.165) is 0 Å². The molecule has 0 bridgehead atoms. The Morgan fingerprint density at radius 2 is 2.00 bits per heavy atom. The summed E-state index contributed by atoms with van der Waals surface area (Å²) in [4.78, 5) is 21.4. The Labute approximate surface area is 102 Å². The van der Waals surface area contributed by atoms with Gasteiger partial charge in [-0.1, -0.05) is 12.1 Å². The number of halogens is 1. The van der Waals surface area contributed by atoms with Crippen LogP contribution in [0.25, 0.3) is 0 Å². The molecule has 0 spiro atoms. The van der Waals surface area contributed by atoms with E-state index in [1.807, 2.05) is 0 Å². The number of hydrogen-bond donors (Lipinski definition) is 1. The van der Waals surface area contributed by atoms with Gasteiger partial charge in [0.15, 0.2) is 0 Å². The summed E-state index contributed by atoms with van der Waals surface area (Å²) in [6.45, 7) is 0. The molecule has 1 aliphatic carbocycles. The first-order chi connectivity index (χ1) is 8.54. The minimum absolute atomic E-state index is 0.0667. The molecule has 0 amide bonds. The maximum absolute atomic E-state index is 12.8. The van der Waals surface area contributed by atoms with Gasteiger partial charge in [-0.25, -0.2) is 4.39 Å². The maximum Gasteiger partial charge on any atom is 0.246 e. The first-order valence-electron chi connectivity index (χ1n) is 5.57. The van der Waals surface area contributed by atoms with E-state index in [4.69, 9.17) is 0 Å². The fourth-order valence-corrected chi connectivity index (χ4v) is 2.60. The van der Waals surface area contributed by atoms with Crippen LogP contribution in [0.2, 0.25) is 0 Å². The van der Waals surface area contributed by atoms with Gasteiger partial charge in [0.1, 0.15) is 18.2 Å². The largest absolute Gasteiger partial charge is 0.386 e. The summed E-state index contributed by atoms with van der Waals surface area (Å²) in [6.07, 6.45) is -0.456. The Morgan fingerprint density at radius 1 is 1.39 bits per heavy atom. The minimum atomic E-state index is -1.22. The lowest BCUT2D eigenvalue weighted by atomic mass is 9.87. The van der Waals surface area contributed by atoms with Crippen LogP contribution in [-0.2, 0) is 4.79 Å². The first-order valence-corrected chi connectivity index (χ1v) is 5.57. The fourth-order valence-electron chi connectivity index (χ4n) is 2.60. The molecule has 0 heterocycles. The van der Waals surface area contributed by atoms with Crippen LogP contribution in [0.5, 0.6) is 0 Å². The van der Waals surface area contributed by atoms with Crippen molar-refractivity contribution in [2.75, 3.05) is 0 Å². The molecule has 0 unspecified atom stereocenters. The zero-order chi connectivity index (χ0) is 13.3. The second-order valence-electron chi connectivity index (χ2n) is 4.46. The van der Waals surface area contributed by atoms with Gasteiger partial charge in [-0.2, -0.15) is 0 Å². The Hall–Kier alpha value is -1.82. The van der Waals surface area contributed by atoms with Crippen molar-refractivity contribution in [1.29, 1.82) is 0 Å². The standard InChI is InChI=1S/C12H12FNO4/c13-9-3-1-7(2-4-9)11-8(6-15)5-10(16)12(11)14(17)18/h1-4,6,8,10-12,16H,5H2/t8-,10-,11-,12-/m1/s1. The molecule has 1 fully saturated rings. The average molecular weight is 253 g/mol. The molecular weight excluding hydrogens is 241 g/mol. The highest BCUT2D eigenvalue weighted by molar-refractivity contribution is 5.57. The van der Waals surface area contributed by atoms with Crippen molar-refractivity contribution in [3.05, 3.63) is 45.8 Å². The number of nitro groups is 1. The van der Waals surface area contributed by atoms with Gasteiger partial charge >= 0.3 is 0 Å². The SMILES string of the molecule is O=C[C@H]1C[C@@H](O)[C@@H]([N+](=O)[O-])[C@@H]1c1ccc(F)cc1. The highest BCUT2D eigenvalue weighted by Gasteiger charge is 2.50. The molecule has 0 aromatic heterocycles. The van der Waals surface area contributed by atoms with Crippen molar-refractivity contribution in [2.45, 2.75) is 24.5 Å². The van der Waals surface area contributed by atoms with Gasteiger partial charge in [-0.3, -0.25) is 10.1 Å². The molecule has 0 saturated heterocycles. The highest BCUT2D eigenvalue weighted by Crippen LogP contribution is 2.40. The molecule has 1 aromatic rings. The average Bonchev–Trinajstić information content (AvgIpc) is 2.67. The van der Waals surface area contributed by atoms with Crippen LogP contribution < -0.4 is 0 Å². The molecule has 18 heavy (non-hydrogen) atoms. The summed E-state index contributed by atoms with van der Waals surface area (Å²) in [5, 5.41) is 20.7. The van der Waals surface area contributed by atoms with Crippen molar-refractivity contribution in [3.8, 4) is 0 Å². The van der Waals surface area contributed by atoms with E-state index >= 15 is 0 Å². The van der Waals surface area contributed by atoms with Crippen LogP contribution in [0, 0.1) is 21.8 Å². The number of carbonyl (C=O) groups excluding carboxylic acids is 1. The smallest absolute Gasteiger partial charge is 0.246 e. The summed E-state index contributed by atoms with van der Waals surface area (Å²) in [7, 11) is 0. The van der Waals surface area contributed by atoms with Crippen LogP contribution in [-0.4, -0.2) is 28.5 Å². The fraction of sp³-hybridized carbons (Fsp3) is 0.417. The Kier molecular flexibility index (Phi) is 3.38. The van der Waals surface area contributed by atoms with Crippen LogP contribution >= 0.6 is 0 Å². The highest BCUT2D eigenvalue weighted by atomic mass is 19.1. The zero-order valence-electron chi connectivity index (χ0n) is 9.40. The number of nitrogens with zero attached hydrogens (tertiary/aromatic N) is 1. The summed E-state index contributed by atoms with van der Waals surface area (Å²) >= 11 is 0.